The zero-order valence-corrected chi connectivity index (χ0v) is 10.7. The van der Waals surface area contributed by atoms with Crippen molar-refractivity contribution in [1.29, 1.82) is 0 Å². The lowest BCUT2D eigenvalue weighted by Crippen LogP contribution is -2.53. The van der Waals surface area contributed by atoms with E-state index in [1.165, 1.54) is 27.8 Å². The minimum Gasteiger partial charge on any atom is -0.379 e. The summed E-state index contributed by atoms with van der Waals surface area (Å²) in [5, 5.41) is 0. The molecule has 0 amide bonds. The predicted octanol–water partition coefficient (Wildman–Crippen LogP) is 2.15. The zero-order valence-electron chi connectivity index (χ0n) is 10.7. The molecule has 1 aliphatic rings. The van der Waals surface area contributed by atoms with E-state index >= 15 is 0 Å². The molecule has 88 valence electrons. The SMILES string of the molecule is Cc1cc(C)c(C)c(C2(CN)COC2)c1C. The summed E-state index contributed by atoms with van der Waals surface area (Å²) in [5.74, 6) is 0. The van der Waals surface area contributed by atoms with Crippen LogP contribution in [-0.2, 0) is 10.2 Å². The van der Waals surface area contributed by atoms with Gasteiger partial charge in [0.1, 0.15) is 0 Å². The van der Waals surface area contributed by atoms with E-state index < -0.39 is 0 Å². The van der Waals surface area contributed by atoms with Gasteiger partial charge in [-0.2, -0.15) is 0 Å². The fourth-order valence-corrected chi connectivity index (χ4v) is 2.73. The highest BCUT2D eigenvalue weighted by Crippen LogP contribution is 2.37. The molecule has 0 spiro atoms. The van der Waals surface area contributed by atoms with E-state index in [-0.39, 0.29) is 5.41 Å². The van der Waals surface area contributed by atoms with E-state index in [4.69, 9.17) is 10.5 Å². The number of aryl methyl sites for hydroxylation is 2. The van der Waals surface area contributed by atoms with Crippen LogP contribution in [0.4, 0.5) is 0 Å². The maximum atomic E-state index is 5.96. The molecule has 2 heteroatoms. The van der Waals surface area contributed by atoms with Gasteiger partial charge in [0.2, 0.25) is 0 Å². The van der Waals surface area contributed by atoms with Crippen molar-refractivity contribution >= 4 is 0 Å². The molecule has 1 saturated heterocycles. The third-order valence-corrected chi connectivity index (χ3v) is 4.04. The van der Waals surface area contributed by atoms with Gasteiger partial charge in [0.15, 0.2) is 0 Å². The fraction of sp³-hybridized carbons (Fsp3) is 0.571. The molecule has 1 heterocycles. The van der Waals surface area contributed by atoms with Gasteiger partial charge in [-0.3, -0.25) is 0 Å². The number of benzene rings is 1. The molecule has 0 atom stereocenters. The van der Waals surface area contributed by atoms with Crippen LogP contribution >= 0.6 is 0 Å². The average molecular weight is 219 g/mol. The van der Waals surface area contributed by atoms with Gasteiger partial charge in [-0.05, 0) is 55.5 Å². The molecule has 0 radical (unpaired) electrons. The molecular weight excluding hydrogens is 198 g/mol. The lowest BCUT2D eigenvalue weighted by Gasteiger charge is -2.43. The van der Waals surface area contributed by atoms with Crippen molar-refractivity contribution in [1.82, 2.24) is 0 Å². The van der Waals surface area contributed by atoms with Gasteiger partial charge in [0.05, 0.1) is 18.6 Å². The average Bonchev–Trinajstić information content (AvgIpc) is 2.19. The number of nitrogens with two attached hydrogens (primary N) is 1. The highest BCUT2D eigenvalue weighted by Gasteiger charge is 2.41. The molecule has 2 rings (SSSR count). The standard InChI is InChI=1S/C14H21NO/c1-9-5-10(2)12(4)13(11(9)3)14(6-15)7-16-8-14/h5H,6-8,15H2,1-4H3. The van der Waals surface area contributed by atoms with Crippen molar-refractivity contribution in [3.05, 3.63) is 33.9 Å². The molecule has 1 fully saturated rings. The van der Waals surface area contributed by atoms with E-state index in [0.717, 1.165) is 13.2 Å². The highest BCUT2D eigenvalue weighted by atomic mass is 16.5. The molecule has 0 aliphatic carbocycles. The monoisotopic (exact) mass is 219 g/mol. The quantitative estimate of drug-likeness (QED) is 0.827. The van der Waals surface area contributed by atoms with Gasteiger partial charge < -0.3 is 10.5 Å². The Balaban J connectivity index is 2.63. The Morgan fingerprint density at radius 3 is 1.94 bits per heavy atom. The Bertz CT molecular complexity index is 387. The number of hydrogen-bond acceptors (Lipinski definition) is 2. The maximum Gasteiger partial charge on any atom is 0.0598 e. The molecule has 0 saturated carbocycles. The number of ether oxygens (including phenoxy) is 1. The molecule has 1 aliphatic heterocycles. The molecule has 2 nitrogen and oxygen atoms in total. The van der Waals surface area contributed by atoms with Crippen LogP contribution in [0.2, 0.25) is 0 Å². The van der Waals surface area contributed by atoms with E-state index in [9.17, 15) is 0 Å². The molecule has 16 heavy (non-hydrogen) atoms. The normalized spacial score (nSPS) is 18.3. The zero-order chi connectivity index (χ0) is 11.9. The molecule has 1 aromatic carbocycles. The van der Waals surface area contributed by atoms with Crippen LogP contribution in [-0.4, -0.2) is 19.8 Å². The Morgan fingerprint density at radius 1 is 1.12 bits per heavy atom. The predicted molar refractivity (Wildman–Crippen MR) is 66.9 cm³/mol. The lowest BCUT2D eigenvalue weighted by molar-refractivity contribution is -0.0556. The third-order valence-electron chi connectivity index (χ3n) is 4.04. The van der Waals surface area contributed by atoms with Crippen LogP contribution in [0.3, 0.4) is 0 Å². The summed E-state index contributed by atoms with van der Waals surface area (Å²) in [6.45, 7) is 11.0. The molecular formula is C14H21NO. The maximum absolute atomic E-state index is 5.96. The number of hydrogen-bond donors (Lipinski definition) is 1. The molecule has 0 aromatic heterocycles. The Morgan fingerprint density at radius 2 is 1.62 bits per heavy atom. The largest absolute Gasteiger partial charge is 0.379 e. The second-order valence-electron chi connectivity index (χ2n) is 5.11. The van der Waals surface area contributed by atoms with Crippen LogP contribution in [0.5, 0.6) is 0 Å². The highest BCUT2D eigenvalue weighted by molar-refractivity contribution is 5.49. The Labute approximate surface area is 97.8 Å². The van der Waals surface area contributed by atoms with Gasteiger partial charge >= 0.3 is 0 Å². The molecule has 0 unspecified atom stereocenters. The lowest BCUT2D eigenvalue weighted by atomic mass is 9.73. The summed E-state index contributed by atoms with van der Waals surface area (Å²) in [5.41, 5.74) is 13.0. The van der Waals surface area contributed by atoms with Crippen molar-refractivity contribution in [2.45, 2.75) is 33.1 Å². The first-order valence-electron chi connectivity index (χ1n) is 5.87. The summed E-state index contributed by atoms with van der Waals surface area (Å²) in [6.07, 6.45) is 0. The van der Waals surface area contributed by atoms with E-state index in [2.05, 4.69) is 33.8 Å². The first kappa shape index (κ1) is 11.6. The second-order valence-corrected chi connectivity index (χ2v) is 5.11. The second kappa shape index (κ2) is 3.86. The van der Waals surface area contributed by atoms with Crippen molar-refractivity contribution in [3.8, 4) is 0 Å². The molecule has 2 N–H and O–H groups in total. The summed E-state index contributed by atoms with van der Waals surface area (Å²) < 4.78 is 5.39. The molecule has 0 bridgehead atoms. The summed E-state index contributed by atoms with van der Waals surface area (Å²) in [6, 6.07) is 2.26. The fourth-order valence-electron chi connectivity index (χ4n) is 2.73. The van der Waals surface area contributed by atoms with Crippen LogP contribution < -0.4 is 5.73 Å². The first-order chi connectivity index (χ1) is 7.52. The Hall–Kier alpha value is -0.860. The number of rotatable bonds is 2. The van der Waals surface area contributed by atoms with E-state index in [0.29, 0.717) is 6.54 Å². The van der Waals surface area contributed by atoms with Crippen molar-refractivity contribution in [3.63, 3.8) is 0 Å². The van der Waals surface area contributed by atoms with Crippen LogP contribution in [0.15, 0.2) is 6.07 Å². The van der Waals surface area contributed by atoms with Gasteiger partial charge in [0.25, 0.3) is 0 Å². The van der Waals surface area contributed by atoms with Gasteiger partial charge in [-0.1, -0.05) is 6.07 Å². The third kappa shape index (κ3) is 1.48. The minimum atomic E-state index is 0.0744. The van der Waals surface area contributed by atoms with Crippen molar-refractivity contribution in [2.75, 3.05) is 19.8 Å². The Kier molecular flexibility index (Phi) is 2.81. The van der Waals surface area contributed by atoms with Gasteiger partial charge in [-0.25, -0.2) is 0 Å². The van der Waals surface area contributed by atoms with Gasteiger partial charge in [0, 0.05) is 6.54 Å². The van der Waals surface area contributed by atoms with Crippen molar-refractivity contribution < 1.29 is 4.74 Å². The minimum absolute atomic E-state index is 0.0744. The van der Waals surface area contributed by atoms with E-state index in [1.807, 2.05) is 0 Å². The molecule has 1 aromatic rings. The summed E-state index contributed by atoms with van der Waals surface area (Å²) in [7, 11) is 0. The topological polar surface area (TPSA) is 35.2 Å². The summed E-state index contributed by atoms with van der Waals surface area (Å²) >= 11 is 0. The van der Waals surface area contributed by atoms with Gasteiger partial charge in [-0.15, -0.1) is 0 Å². The van der Waals surface area contributed by atoms with Crippen LogP contribution in [0.1, 0.15) is 27.8 Å². The van der Waals surface area contributed by atoms with E-state index in [1.54, 1.807) is 0 Å². The first-order valence-corrected chi connectivity index (χ1v) is 5.87. The summed E-state index contributed by atoms with van der Waals surface area (Å²) in [4.78, 5) is 0. The van der Waals surface area contributed by atoms with Crippen molar-refractivity contribution in [2.24, 2.45) is 5.73 Å². The van der Waals surface area contributed by atoms with Crippen LogP contribution in [0, 0.1) is 27.7 Å². The van der Waals surface area contributed by atoms with Crippen LogP contribution in [0.25, 0.3) is 0 Å². The smallest absolute Gasteiger partial charge is 0.0598 e.